The zero-order valence-corrected chi connectivity index (χ0v) is 10.2. The average Bonchev–Trinajstić information content (AvgIpc) is 2.73. The molecule has 1 aliphatic carbocycles. The number of nitrogens with zero attached hydrogens (tertiary/aromatic N) is 2. The van der Waals surface area contributed by atoms with E-state index < -0.39 is 0 Å². The van der Waals surface area contributed by atoms with Crippen LogP contribution in [0.3, 0.4) is 0 Å². The topological polar surface area (TPSA) is 68.0 Å². The van der Waals surface area contributed by atoms with Gasteiger partial charge in [0.15, 0.2) is 5.82 Å². The molecule has 0 radical (unpaired) electrons. The SMILES string of the molecule is Cc1noc(NC(=O)CCC2CCCCC2)n1. The first kappa shape index (κ1) is 12.1. The van der Waals surface area contributed by atoms with Gasteiger partial charge in [-0.25, -0.2) is 0 Å². The van der Waals surface area contributed by atoms with Crippen molar-refractivity contribution in [1.29, 1.82) is 0 Å². The number of hydrogen-bond acceptors (Lipinski definition) is 4. The Labute approximate surface area is 101 Å². The smallest absolute Gasteiger partial charge is 0.315 e. The molecule has 17 heavy (non-hydrogen) atoms. The summed E-state index contributed by atoms with van der Waals surface area (Å²) in [6.07, 6.45) is 8.04. The summed E-state index contributed by atoms with van der Waals surface area (Å²) in [4.78, 5) is 15.6. The van der Waals surface area contributed by atoms with Gasteiger partial charge in [0.2, 0.25) is 5.91 Å². The van der Waals surface area contributed by atoms with E-state index in [0.29, 0.717) is 12.2 Å². The second-order valence-electron chi connectivity index (χ2n) is 4.74. The summed E-state index contributed by atoms with van der Waals surface area (Å²) in [7, 11) is 0. The van der Waals surface area contributed by atoms with E-state index in [1.807, 2.05) is 0 Å². The number of hydrogen-bond donors (Lipinski definition) is 1. The number of rotatable bonds is 4. The highest BCUT2D eigenvalue weighted by molar-refractivity contribution is 5.88. The second kappa shape index (κ2) is 5.80. The number of aryl methyl sites for hydroxylation is 1. The number of anilines is 1. The van der Waals surface area contributed by atoms with Gasteiger partial charge < -0.3 is 4.52 Å². The van der Waals surface area contributed by atoms with Crippen LogP contribution in [0.2, 0.25) is 0 Å². The van der Waals surface area contributed by atoms with Crippen molar-refractivity contribution in [3.63, 3.8) is 0 Å². The Hall–Kier alpha value is -1.39. The van der Waals surface area contributed by atoms with Crippen molar-refractivity contribution in [1.82, 2.24) is 10.1 Å². The molecule has 0 spiro atoms. The van der Waals surface area contributed by atoms with Crippen LogP contribution in [0.5, 0.6) is 0 Å². The summed E-state index contributed by atoms with van der Waals surface area (Å²) in [5.41, 5.74) is 0. The first-order chi connectivity index (χ1) is 8.24. The molecule has 1 aromatic heterocycles. The van der Waals surface area contributed by atoms with Gasteiger partial charge in [-0.05, 0) is 19.3 Å². The van der Waals surface area contributed by atoms with Crippen LogP contribution >= 0.6 is 0 Å². The molecule has 0 bridgehead atoms. The van der Waals surface area contributed by atoms with Crippen molar-refractivity contribution in [2.45, 2.75) is 51.9 Å². The number of amides is 1. The molecule has 1 amide bonds. The molecule has 1 fully saturated rings. The van der Waals surface area contributed by atoms with Crippen LogP contribution in [0.4, 0.5) is 6.01 Å². The van der Waals surface area contributed by atoms with Crippen LogP contribution in [0.15, 0.2) is 4.52 Å². The number of carbonyl (C=O) groups is 1. The Balaban J connectivity index is 1.70. The fraction of sp³-hybridized carbons (Fsp3) is 0.750. The lowest BCUT2D eigenvalue weighted by Gasteiger charge is -2.20. The van der Waals surface area contributed by atoms with Gasteiger partial charge in [-0.3, -0.25) is 10.1 Å². The van der Waals surface area contributed by atoms with Crippen molar-refractivity contribution in [2.75, 3.05) is 5.32 Å². The van der Waals surface area contributed by atoms with Gasteiger partial charge in [-0.1, -0.05) is 37.3 Å². The first-order valence-electron chi connectivity index (χ1n) is 6.34. The highest BCUT2D eigenvalue weighted by Gasteiger charge is 2.15. The summed E-state index contributed by atoms with van der Waals surface area (Å²) in [6.45, 7) is 1.72. The van der Waals surface area contributed by atoms with Crippen LogP contribution in [0, 0.1) is 12.8 Å². The minimum atomic E-state index is -0.0285. The summed E-state index contributed by atoms with van der Waals surface area (Å²) < 4.78 is 4.83. The van der Waals surface area contributed by atoms with E-state index in [9.17, 15) is 4.79 Å². The molecule has 5 nitrogen and oxygen atoms in total. The van der Waals surface area contributed by atoms with Crippen molar-refractivity contribution in [2.24, 2.45) is 5.92 Å². The highest BCUT2D eigenvalue weighted by atomic mass is 16.5. The summed E-state index contributed by atoms with van der Waals surface area (Å²) in [6, 6.07) is 0.205. The van der Waals surface area contributed by atoms with Gasteiger partial charge in [0, 0.05) is 6.42 Å². The second-order valence-corrected chi connectivity index (χ2v) is 4.74. The maximum absolute atomic E-state index is 11.6. The molecular weight excluding hydrogens is 218 g/mol. The quantitative estimate of drug-likeness (QED) is 0.874. The van der Waals surface area contributed by atoms with Crippen molar-refractivity contribution < 1.29 is 9.32 Å². The number of aromatic nitrogens is 2. The van der Waals surface area contributed by atoms with Gasteiger partial charge in [0.05, 0.1) is 0 Å². The maximum atomic E-state index is 11.6. The third kappa shape index (κ3) is 3.84. The van der Waals surface area contributed by atoms with Gasteiger partial charge in [-0.15, -0.1) is 0 Å². The molecule has 0 atom stereocenters. The fourth-order valence-electron chi connectivity index (χ4n) is 2.34. The van der Waals surface area contributed by atoms with Crippen LogP contribution in [0.1, 0.15) is 50.8 Å². The minimum Gasteiger partial charge on any atom is -0.315 e. The summed E-state index contributed by atoms with van der Waals surface area (Å²) >= 11 is 0. The molecule has 1 aromatic rings. The molecule has 0 saturated heterocycles. The highest BCUT2D eigenvalue weighted by Crippen LogP contribution is 2.27. The minimum absolute atomic E-state index is 0.0285. The molecule has 2 rings (SSSR count). The van der Waals surface area contributed by atoms with E-state index in [2.05, 4.69) is 15.5 Å². The van der Waals surface area contributed by atoms with Gasteiger partial charge in [0.25, 0.3) is 0 Å². The summed E-state index contributed by atoms with van der Waals surface area (Å²) in [5, 5.41) is 6.24. The molecule has 0 aromatic carbocycles. The van der Waals surface area contributed by atoms with E-state index in [-0.39, 0.29) is 11.9 Å². The lowest BCUT2D eigenvalue weighted by Crippen LogP contribution is -2.15. The van der Waals surface area contributed by atoms with Crippen LogP contribution in [-0.2, 0) is 4.79 Å². The average molecular weight is 237 g/mol. The molecule has 5 heteroatoms. The van der Waals surface area contributed by atoms with Crippen LogP contribution < -0.4 is 5.32 Å². The first-order valence-corrected chi connectivity index (χ1v) is 6.34. The van der Waals surface area contributed by atoms with Gasteiger partial charge in [0.1, 0.15) is 0 Å². The Morgan fingerprint density at radius 3 is 2.82 bits per heavy atom. The summed E-state index contributed by atoms with van der Waals surface area (Å²) in [5.74, 6) is 1.23. The molecular formula is C12H19N3O2. The normalized spacial score (nSPS) is 17.0. The lowest BCUT2D eigenvalue weighted by atomic mass is 9.86. The fourth-order valence-corrected chi connectivity index (χ4v) is 2.34. The largest absolute Gasteiger partial charge is 0.328 e. The van der Waals surface area contributed by atoms with Gasteiger partial charge in [-0.2, -0.15) is 4.98 Å². The molecule has 1 saturated carbocycles. The lowest BCUT2D eigenvalue weighted by molar-refractivity contribution is -0.116. The van der Waals surface area contributed by atoms with Gasteiger partial charge >= 0.3 is 6.01 Å². The molecule has 1 N–H and O–H groups in total. The van der Waals surface area contributed by atoms with E-state index in [0.717, 1.165) is 12.3 Å². The molecule has 0 unspecified atom stereocenters. The standard InChI is InChI=1S/C12H19N3O2/c1-9-13-12(17-15-9)14-11(16)8-7-10-5-3-2-4-6-10/h10H,2-8H2,1H3,(H,13,14,15,16). The van der Waals surface area contributed by atoms with E-state index >= 15 is 0 Å². The van der Waals surface area contributed by atoms with Crippen molar-refractivity contribution in [3.05, 3.63) is 5.82 Å². The Bertz CT molecular complexity index is 370. The van der Waals surface area contributed by atoms with E-state index in [1.165, 1.54) is 32.1 Å². The molecule has 1 heterocycles. The monoisotopic (exact) mass is 237 g/mol. The van der Waals surface area contributed by atoms with Crippen molar-refractivity contribution in [3.8, 4) is 0 Å². The third-order valence-corrected chi connectivity index (χ3v) is 3.28. The van der Waals surface area contributed by atoms with Crippen LogP contribution in [0.25, 0.3) is 0 Å². The number of carbonyl (C=O) groups excluding carboxylic acids is 1. The van der Waals surface area contributed by atoms with E-state index in [4.69, 9.17) is 4.52 Å². The molecule has 1 aliphatic rings. The molecule has 94 valence electrons. The van der Waals surface area contributed by atoms with Crippen LogP contribution in [-0.4, -0.2) is 16.0 Å². The Kier molecular flexibility index (Phi) is 4.12. The zero-order chi connectivity index (χ0) is 12.1. The molecule has 0 aliphatic heterocycles. The third-order valence-electron chi connectivity index (χ3n) is 3.28. The Morgan fingerprint density at radius 1 is 1.41 bits per heavy atom. The Morgan fingerprint density at radius 2 is 2.18 bits per heavy atom. The van der Waals surface area contributed by atoms with Crippen molar-refractivity contribution >= 4 is 11.9 Å². The maximum Gasteiger partial charge on any atom is 0.328 e. The van der Waals surface area contributed by atoms with E-state index in [1.54, 1.807) is 6.92 Å². The predicted molar refractivity (Wildman–Crippen MR) is 63.5 cm³/mol. The zero-order valence-electron chi connectivity index (χ0n) is 10.2. The number of nitrogens with one attached hydrogen (secondary N) is 1. The predicted octanol–water partition coefficient (Wildman–Crippen LogP) is 2.68.